The standard InChI is InChI=1S/C22H22F2N4O4/c1-2-30-20-16-4-3-15(12-17(16)32-26-20)28-9-10-31-18-11-14(13-25-19(18)28)21(29)27-7-5-22(23,24)6-8-27/h3-4,11-13H,2,5-10H2,1H3. The lowest BCUT2D eigenvalue weighted by Gasteiger charge is -2.32. The average molecular weight is 444 g/mol. The van der Waals surface area contributed by atoms with Gasteiger partial charge in [0, 0.05) is 43.9 Å². The van der Waals surface area contributed by atoms with E-state index in [1.165, 1.54) is 11.1 Å². The highest BCUT2D eigenvalue weighted by Crippen LogP contribution is 2.38. The summed E-state index contributed by atoms with van der Waals surface area (Å²) in [5.41, 5.74) is 1.75. The van der Waals surface area contributed by atoms with Crippen molar-refractivity contribution in [2.45, 2.75) is 25.7 Å². The minimum Gasteiger partial charge on any atom is -0.488 e. The van der Waals surface area contributed by atoms with Crippen molar-refractivity contribution in [2.24, 2.45) is 0 Å². The van der Waals surface area contributed by atoms with Gasteiger partial charge < -0.3 is 23.8 Å². The number of benzene rings is 1. The Morgan fingerprint density at radius 1 is 1.22 bits per heavy atom. The number of fused-ring (bicyclic) bond motifs is 2. The van der Waals surface area contributed by atoms with E-state index in [1.807, 2.05) is 30.0 Å². The third-order valence-corrected chi connectivity index (χ3v) is 5.71. The Morgan fingerprint density at radius 3 is 2.81 bits per heavy atom. The van der Waals surface area contributed by atoms with Gasteiger partial charge in [0.1, 0.15) is 6.61 Å². The summed E-state index contributed by atoms with van der Waals surface area (Å²) in [7, 11) is 0. The van der Waals surface area contributed by atoms with Crippen LogP contribution in [0.5, 0.6) is 11.6 Å². The third-order valence-electron chi connectivity index (χ3n) is 5.71. The van der Waals surface area contributed by atoms with Crippen LogP contribution in [0.2, 0.25) is 0 Å². The molecule has 10 heteroatoms. The van der Waals surface area contributed by atoms with Crippen LogP contribution in [0.25, 0.3) is 11.0 Å². The number of nitrogens with zero attached hydrogens (tertiary/aromatic N) is 4. The average Bonchev–Trinajstić information content (AvgIpc) is 3.20. The second kappa shape index (κ2) is 7.92. The monoisotopic (exact) mass is 444 g/mol. The first kappa shape index (κ1) is 20.5. The van der Waals surface area contributed by atoms with Crippen LogP contribution >= 0.6 is 0 Å². The van der Waals surface area contributed by atoms with Crippen LogP contribution < -0.4 is 14.4 Å². The SMILES string of the molecule is CCOc1noc2cc(N3CCOc4cc(C(=O)N5CCC(F)(F)CC5)cnc43)ccc12. The van der Waals surface area contributed by atoms with E-state index in [0.717, 1.165) is 11.1 Å². The molecule has 0 radical (unpaired) electrons. The second-order valence-electron chi connectivity index (χ2n) is 7.80. The Hall–Kier alpha value is -3.43. The summed E-state index contributed by atoms with van der Waals surface area (Å²) in [6.07, 6.45) is 0.822. The molecule has 2 aromatic heterocycles. The molecule has 1 fully saturated rings. The van der Waals surface area contributed by atoms with E-state index >= 15 is 0 Å². The third kappa shape index (κ3) is 3.69. The molecule has 0 aliphatic carbocycles. The van der Waals surface area contributed by atoms with Gasteiger partial charge in [0.25, 0.3) is 17.7 Å². The van der Waals surface area contributed by atoms with E-state index < -0.39 is 5.92 Å². The van der Waals surface area contributed by atoms with Crippen LogP contribution in [0.4, 0.5) is 20.3 Å². The maximum Gasteiger partial charge on any atom is 0.262 e. The number of piperidine rings is 1. The zero-order valence-electron chi connectivity index (χ0n) is 17.5. The first-order valence-electron chi connectivity index (χ1n) is 10.5. The lowest BCUT2D eigenvalue weighted by Crippen LogP contribution is -2.42. The highest BCUT2D eigenvalue weighted by atomic mass is 19.3. The number of rotatable bonds is 4. The van der Waals surface area contributed by atoms with Crippen molar-refractivity contribution in [1.29, 1.82) is 0 Å². The molecule has 5 rings (SSSR count). The first-order valence-corrected chi connectivity index (χ1v) is 10.5. The summed E-state index contributed by atoms with van der Waals surface area (Å²) in [6.45, 7) is 3.39. The van der Waals surface area contributed by atoms with E-state index in [1.54, 1.807) is 6.07 Å². The number of ether oxygens (including phenoxy) is 2. The quantitative estimate of drug-likeness (QED) is 0.601. The minimum absolute atomic E-state index is 0.0246. The molecule has 8 nitrogen and oxygen atoms in total. The van der Waals surface area contributed by atoms with Crippen molar-refractivity contribution in [2.75, 3.05) is 37.7 Å². The number of amides is 1. The van der Waals surface area contributed by atoms with Gasteiger partial charge in [0.05, 0.1) is 24.1 Å². The Morgan fingerprint density at radius 2 is 2.03 bits per heavy atom. The molecule has 32 heavy (non-hydrogen) atoms. The van der Waals surface area contributed by atoms with Crippen LogP contribution in [0.3, 0.4) is 0 Å². The maximum absolute atomic E-state index is 13.4. The molecular formula is C22H22F2N4O4. The Balaban J connectivity index is 1.40. The Kier molecular flexibility index (Phi) is 5.07. The number of hydrogen-bond donors (Lipinski definition) is 0. The molecule has 0 atom stereocenters. The van der Waals surface area contributed by atoms with Crippen molar-refractivity contribution < 1.29 is 27.6 Å². The molecule has 0 unspecified atom stereocenters. The van der Waals surface area contributed by atoms with E-state index in [9.17, 15) is 13.6 Å². The highest BCUT2D eigenvalue weighted by molar-refractivity contribution is 5.95. The fraction of sp³-hybridized carbons (Fsp3) is 0.409. The van der Waals surface area contributed by atoms with Gasteiger partial charge in [-0.25, -0.2) is 13.8 Å². The van der Waals surface area contributed by atoms with Crippen LogP contribution in [0, 0.1) is 0 Å². The van der Waals surface area contributed by atoms with Crippen LogP contribution in [-0.2, 0) is 0 Å². The number of alkyl halides is 2. The molecule has 2 aliphatic rings. The molecule has 2 aliphatic heterocycles. The molecule has 0 saturated carbocycles. The number of hydrogen-bond acceptors (Lipinski definition) is 7. The van der Waals surface area contributed by atoms with Gasteiger partial charge >= 0.3 is 0 Å². The number of aromatic nitrogens is 2. The Labute approximate surface area is 182 Å². The number of likely N-dealkylation sites (tertiary alicyclic amines) is 1. The van der Waals surface area contributed by atoms with E-state index in [-0.39, 0.29) is 31.8 Å². The van der Waals surface area contributed by atoms with Crippen molar-refractivity contribution in [1.82, 2.24) is 15.0 Å². The topological polar surface area (TPSA) is 80.9 Å². The van der Waals surface area contributed by atoms with Crippen LogP contribution in [0.1, 0.15) is 30.1 Å². The zero-order valence-corrected chi connectivity index (χ0v) is 17.5. The summed E-state index contributed by atoms with van der Waals surface area (Å²) >= 11 is 0. The number of halogens is 2. The highest BCUT2D eigenvalue weighted by Gasteiger charge is 2.36. The molecule has 1 aromatic carbocycles. The van der Waals surface area contributed by atoms with Gasteiger partial charge in [-0.15, -0.1) is 0 Å². The van der Waals surface area contributed by atoms with Crippen molar-refractivity contribution in [3.05, 3.63) is 36.0 Å². The lowest BCUT2D eigenvalue weighted by molar-refractivity contribution is -0.0494. The summed E-state index contributed by atoms with van der Waals surface area (Å²) in [5, 5.41) is 4.74. The lowest BCUT2D eigenvalue weighted by atomic mass is 10.1. The number of pyridine rings is 1. The van der Waals surface area contributed by atoms with Gasteiger partial charge in [0.15, 0.2) is 17.2 Å². The van der Waals surface area contributed by atoms with Gasteiger partial charge in [0.2, 0.25) is 0 Å². The zero-order chi connectivity index (χ0) is 22.3. The predicted octanol–water partition coefficient (Wildman–Crippen LogP) is 4.02. The molecule has 3 aromatic rings. The fourth-order valence-electron chi connectivity index (χ4n) is 4.00. The van der Waals surface area contributed by atoms with E-state index in [4.69, 9.17) is 14.0 Å². The van der Waals surface area contributed by atoms with E-state index in [2.05, 4.69) is 10.1 Å². The molecule has 0 N–H and O–H groups in total. The molecule has 1 amide bonds. The summed E-state index contributed by atoms with van der Waals surface area (Å²) in [6, 6.07) is 7.29. The van der Waals surface area contributed by atoms with Crippen LogP contribution in [0.15, 0.2) is 35.0 Å². The number of carbonyl (C=O) groups excluding carboxylic acids is 1. The minimum atomic E-state index is -2.71. The first-order chi connectivity index (χ1) is 15.4. The number of anilines is 2. The van der Waals surface area contributed by atoms with Crippen molar-refractivity contribution in [3.8, 4) is 11.6 Å². The van der Waals surface area contributed by atoms with Crippen molar-refractivity contribution >= 4 is 28.4 Å². The Bertz CT molecular complexity index is 1160. The number of carbonyl (C=O) groups is 1. The summed E-state index contributed by atoms with van der Waals surface area (Å²) in [5.74, 6) is -1.53. The fourth-order valence-corrected chi connectivity index (χ4v) is 4.00. The van der Waals surface area contributed by atoms with Gasteiger partial charge in [-0.2, -0.15) is 0 Å². The van der Waals surface area contributed by atoms with Gasteiger partial charge in [-0.1, -0.05) is 0 Å². The molecule has 168 valence electrons. The normalized spacial score (nSPS) is 17.7. The van der Waals surface area contributed by atoms with Gasteiger partial charge in [-0.05, 0) is 30.3 Å². The maximum atomic E-state index is 13.4. The summed E-state index contributed by atoms with van der Waals surface area (Å²) < 4.78 is 43.5. The van der Waals surface area contributed by atoms with Gasteiger partial charge in [-0.3, -0.25) is 4.79 Å². The molecule has 0 spiro atoms. The van der Waals surface area contributed by atoms with E-state index in [0.29, 0.717) is 48.4 Å². The molecule has 0 bridgehead atoms. The van der Waals surface area contributed by atoms with Crippen molar-refractivity contribution in [3.63, 3.8) is 0 Å². The summed E-state index contributed by atoms with van der Waals surface area (Å²) in [4.78, 5) is 20.7. The second-order valence-corrected chi connectivity index (χ2v) is 7.80. The van der Waals surface area contributed by atoms with Crippen LogP contribution in [-0.4, -0.2) is 59.7 Å². The predicted molar refractivity (Wildman–Crippen MR) is 112 cm³/mol. The molecular weight excluding hydrogens is 422 g/mol. The molecule has 1 saturated heterocycles. The smallest absolute Gasteiger partial charge is 0.262 e. The largest absolute Gasteiger partial charge is 0.488 e. The molecule has 4 heterocycles.